The van der Waals surface area contributed by atoms with Gasteiger partial charge >= 0.3 is 6.03 Å². The lowest BCUT2D eigenvalue weighted by atomic mass is 10.1. The molecule has 1 aromatic carbocycles. The largest absolute Gasteiger partial charge is 0.466 e. The topological polar surface area (TPSA) is 86.6 Å². The van der Waals surface area contributed by atoms with Crippen molar-refractivity contribution >= 4 is 11.9 Å². The summed E-state index contributed by atoms with van der Waals surface area (Å²) < 4.78 is 5.30. The van der Waals surface area contributed by atoms with Crippen molar-refractivity contribution in [2.24, 2.45) is 0 Å². The van der Waals surface area contributed by atoms with Gasteiger partial charge in [0, 0.05) is 6.54 Å². The maximum absolute atomic E-state index is 12.0. The summed E-state index contributed by atoms with van der Waals surface area (Å²) in [5.41, 5.74) is 6.22. The molecule has 7 nitrogen and oxygen atoms in total. The number of hydrogen-bond donors (Lipinski definition) is 3. The summed E-state index contributed by atoms with van der Waals surface area (Å²) in [5, 5.41) is 2.76. The SMILES string of the molecule is Cc1cc(C(=O)NNC(=O)NCC(c2ccccc2)N(C)C)c(C)o1. The Kier molecular flexibility index (Phi) is 6.19. The molecule has 2 rings (SSSR count). The average Bonchev–Trinajstić information content (AvgIpc) is 2.92. The smallest absolute Gasteiger partial charge is 0.333 e. The molecule has 134 valence electrons. The number of amides is 3. The van der Waals surface area contributed by atoms with E-state index in [0.29, 0.717) is 23.6 Å². The number of rotatable bonds is 5. The van der Waals surface area contributed by atoms with Gasteiger partial charge in [-0.1, -0.05) is 30.3 Å². The summed E-state index contributed by atoms with van der Waals surface area (Å²) in [5.74, 6) is 0.731. The van der Waals surface area contributed by atoms with Crippen molar-refractivity contribution in [1.82, 2.24) is 21.1 Å². The molecular weight excluding hydrogens is 320 g/mol. The number of nitrogens with one attached hydrogen (secondary N) is 3. The first-order chi connectivity index (χ1) is 11.9. The van der Waals surface area contributed by atoms with Gasteiger partial charge in [0.25, 0.3) is 5.91 Å². The van der Waals surface area contributed by atoms with Crippen LogP contribution in [0, 0.1) is 13.8 Å². The number of nitrogens with zero attached hydrogens (tertiary/aromatic N) is 1. The number of hydrazine groups is 1. The molecule has 0 saturated carbocycles. The molecular formula is C18H24N4O3. The zero-order chi connectivity index (χ0) is 18.4. The Labute approximate surface area is 147 Å². The van der Waals surface area contributed by atoms with E-state index in [1.807, 2.05) is 49.3 Å². The Hall–Kier alpha value is -2.80. The van der Waals surface area contributed by atoms with Crippen LogP contribution in [-0.4, -0.2) is 37.5 Å². The van der Waals surface area contributed by atoms with Crippen molar-refractivity contribution < 1.29 is 14.0 Å². The van der Waals surface area contributed by atoms with Gasteiger partial charge in [0.1, 0.15) is 11.5 Å². The van der Waals surface area contributed by atoms with Gasteiger partial charge in [0.05, 0.1) is 11.6 Å². The van der Waals surface area contributed by atoms with Crippen LogP contribution >= 0.6 is 0 Å². The Balaban J connectivity index is 1.85. The van der Waals surface area contributed by atoms with Gasteiger partial charge < -0.3 is 14.6 Å². The highest BCUT2D eigenvalue weighted by Crippen LogP contribution is 2.16. The maximum atomic E-state index is 12.0. The predicted octanol–water partition coefficient (Wildman–Crippen LogP) is 2.14. The van der Waals surface area contributed by atoms with Crippen LogP contribution in [0.4, 0.5) is 4.79 Å². The normalized spacial score (nSPS) is 11.9. The monoisotopic (exact) mass is 344 g/mol. The number of aryl methyl sites for hydroxylation is 2. The van der Waals surface area contributed by atoms with Crippen LogP contribution in [0.3, 0.4) is 0 Å². The minimum absolute atomic E-state index is 0.0291. The highest BCUT2D eigenvalue weighted by atomic mass is 16.3. The molecule has 1 aromatic heterocycles. The van der Waals surface area contributed by atoms with Crippen molar-refractivity contribution in [3.63, 3.8) is 0 Å². The lowest BCUT2D eigenvalue weighted by Gasteiger charge is -2.25. The third-order valence-corrected chi connectivity index (χ3v) is 3.84. The second-order valence-corrected chi connectivity index (χ2v) is 6.01. The van der Waals surface area contributed by atoms with Crippen LogP contribution in [0.15, 0.2) is 40.8 Å². The van der Waals surface area contributed by atoms with Crippen LogP contribution < -0.4 is 16.2 Å². The first-order valence-electron chi connectivity index (χ1n) is 8.01. The van der Waals surface area contributed by atoms with Gasteiger partial charge in [-0.3, -0.25) is 10.2 Å². The Morgan fingerprint density at radius 1 is 1.12 bits per heavy atom. The van der Waals surface area contributed by atoms with Crippen molar-refractivity contribution in [2.45, 2.75) is 19.9 Å². The Bertz CT molecular complexity index is 725. The van der Waals surface area contributed by atoms with Crippen LogP contribution in [0.1, 0.15) is 33.5 Å². The van der Waals surface area contributed by atoms with Crippen molar-refractivity contribution in [1.29, 1.82) is 0 Å². The van der Waals surface area contributed by atoms with Gasteiger partial charge in [-0.25, -0.2) is 10.2 Å². The molecule has 0 radical (unpaired) electrons. The zero-order valence-electron chi connectivity index (χ0n) is 14.9. The zero-order valence-corrected chi connectivity index (χ0v) is 14.9. The molecule has 1 unspecified atom stereocenters. The van der Waals surface area contributed by atoms with E-state index in [0.717, 1.165) is 5.56 Å². The number of benzene rings is 1. The van der Waals surface area contributed by atoms with Crippen LogP contribution in [0.25, 0.3) is 0 Å². The van der Waals surface area contributed by atoms with Crippen molar-refractivity contribution in [2.75, 3.05) is 20.6 Å². The van der Waals surface area contributed by atoms with E-state index in [4.69, 9.17) is 4.42 Å². The minimum atomic E-state index is -0.478. The molecule has 25 heavy (non-hydrogen) atoms. The number of hydrogen-bond acceptors (Lipinski definition) is 4. The highest BCUT2D eigenvalue weighted by molar-refractivity contribution is 5.96. The Morgan fingerprint density at radius 2 is 1.80 bits per heavy atom. The van der Waals surface area contributed by atoms with Gasteiger partial charge in [-0.15, -0.1) is 0 Å². The summed E-state index contributed by atoms with van der Waals surface area (Å²) in [7, 11) is 3.89. The summed E-state index contributed by atoms with van der Waals surface area (Å²) >= 11 is 0. The Morgan fingerprint density at radius 3 is 2.36 bits per heavy atom. The standard InChI is InChI=1S/C18H24N4O3/c1-12-10-15(13(2)25-12)17(23)20-21-18(24)19-11-16(22(3)4)14-8-6-5-7-9-14/h5-10,16H,11H2,1-4H3,(H,20,23)(H2,19,21,24). The van der Waals surface area contributed by atoms with E-state index >= 15 is 0 Å². The second-order valence-electron chi connectivity index (χ2n) is 6.01. The van der Waals surface area contributed by atoms with E-state index in [2.05, 4.69) is 16.2 Å². The second kappa shape index (κ2) is 8.34. The molecule has 0 aliphatic heterocycles. The lowest BCUT2D eigenvalue weighted by molar-refractivity contribution is 0.0934. The van der Waals surface area contributed by atoms with Gasteiger partial charge in [0.2, 0.25) is 0 Å². The molecule has 0 bridgehead atoms. The molecule has 7 heteroatoms. The molecule has 0 aliphatic carbocycles. The first-order valence-corrected chi connectivity index (χ1v) is 8.01. The molecule has 3 N–H and O–H groups in total. The maximum Gasteiger partial charge on any atom is 0.333 e. The van der Waals surface area contributed by atoms with Gasteiger partial charge in [-0.05, 0) is 39.6 Å². The van der Waals surface area contributed by atoms with Crippen LogP contribution in [-0.2, 0) is 0 Å². The molecule has 0 saturated heterocycles. The van der Waals surface area contributed by atoms with E-state index in [1.54, 1.807) is 19.9 Å². The van der Waals surface area contributed by atoms with Crippen LogP contribution in [0.2, 0.25) is 0 Å². The number of carbonyl (C=O) groups excluding carboxylic acids is 2. The molecule has 2 aromatic rings. The van der Waals surface area contributed by atoms with E-state index in [9.17, 15) is 9.59 Å². The predicted molar refractivity (Wildman–Crippen MR) is 95.1 cm³/mol. The summed E-state index contributed by atoms with van der Waals surface area (Å²) in [6.07, 6.45) is 0. The average molecular weight is 344 g/mol. The van der Waals surface area contributed by atoms with E-state index in [-0.39, 0.29) is 6.04 Å². The molecule has 0 spiro atoms. The third kappa shape index (κ3) is 5.09. The van der Waals surface area contributed by atoms with Crippen molar-refractivity contribution in [3.8, 4) is 0 Å². The van der Waals surface area contributed by atoms with Gasteiger partial charge in [0.15, 0.2) is 0 Å². The molecule has 0 fully saturated rings. The first kappa shape index (κ1) is 18.5. The highest BCUT2D eigenvalue weighted by Gasteiger charge is 2.16. The fourth-order valence-corrected chi connectivity index (χ4v) is 2.54. The van der Waals surface area contributed by atoms with E-state index < -0.39 is 11.9 Å². The van der Waals surface area contributed by atoms with Crippen LogP contribution in [0.5, 0.6) is 0 Å². The fourth-order valence-electron chi connectivity index (χ4n) is 2.54. The lowest BCUT2D eigenvalue weighted by Crippen LogP contribution is -2.48. The molecule has 3 amide bonds. The van der Waals surface area contributed by atoms with E-state index in [1.165, 1.54) is 0 Å². The summed E-state index contributed by atoms with van der Waals surface area (Å²) in [6, 6.07) is 11.1. The quantitative estimate of drug-likeness (QED) is 0.725. The summed E-state index contributed by atoms with van der Waals surface area (Å²) in [4.78, 5) is 26.0. The molecule has 1 heterocycles. The van der Waals surface area contributed by atoms with Gasteiger partial charge in [-0.2, -0.15) is 0 Å². The number of carbonyl (C=O) groups is 2. The third-order valence-electron chi connectivity index (χ3n) is 3.84. The molecule has 0 aliphatic rings. The minimum Gasteiger partial charge on any atom is -0.466 e. The number of likely N-dealkylation sites (N-methyl/N-ethyl adjacent to an activating group) is 1. The van der Waals surface area contributed by atoms with Crippen molar-refractivity contribution in [3.05, 3.63) is 59.0 Å². The number of urea groups is 1. The molecule has 1 atom stereocenters. The summed E-state index contributed by atoms with van der Waals surface area (Å²) in [6.45, 7) is 3.86. The number of furan rings is 1. The fraction of sp³-hybridized carbons (Fsp3) is 0.333.